The van der Waals surface area contributed by atoms with Crippen molar-refractivity contribution in [3.8, 4) is 16.9 Å². The summed E-state index contributed by atoms with van der Waals surface area (Å²) in [6.45, 7) is 0.476. The van der Waals surface area contributed by atoms with Gasteiger partial charge in [0.1, 0.15) is 18.1 Å². The van der Waals surface area contributed by atoms with Crippen molar-refractivity contribution in [1.82, 2.24) is 10.6 Å². The van der Waals surface area contributed by atoms with Gasteiger partial charge in [0.25, 0.3) is 5.91 Å². The van der Waals surface area contributed by atoms with Crippen molar-refractivity contribution in [2.75, 3.05) is 0 Å². The smallest absolute Gasteiger partial charge is 0.322 e. The summed E-state index contributed by atoms with van der Waals surface area (Å²) in [5.74, 6) is 0.765. The Hall–Kier alpha value is -3.97. The number of hydrogen-bond donors (Lipinski definition) is 2. The minimum atomic E-state index is -0.814. The van der Waals surface area contributed by atoms with E-state index in [9.17, 15) is 9.59 Å². The molecule has 2 heterocycles. The van der Waals surface area contributed by atoms with Gasteiger partial charge in [-0.2, -0.15) is 0 Å². The standard InChI is InChI=1S/C26H20N2O4S/c29-25-23(27-26(30)28-25)24-22(14-15-31-24)33-21-12-10-20(11-13-21)32-16-17-6-8-19(9-7-17)18-4-2-1-3-5-18/h1-15,23H,16H2,(H2,27,28,29,30). The monoisotopic (exact) mass is 456 g/mol. The lowest BCUT2D eigenvalue weighted by Crippen LogP contribution is -2.22. The summed E-state index contributed by atoms with van der Waals surface area (Å²) < 4.78 is 11.4. The maximum atomic E-state index is 11.9. The van der Waals surface area contributed by atoms with Crippen LogP contribution < -0.4 is 15.4 Å². The third-order valence-corrected chi connectivity index (χ3v) is 6.28. The number of carbonyl (C=O) groups is 2. The van der Waals surface area contributed by atoms with Crippen LogP contribution >= 0.6 is 11.8 Å². The Bertz CT molecular complexity index is 1270. The number of imide groups is 1. The Labute approximate surface area is 195 Å². The molecule has 0 bridgehead atoms. The Morgan fingerprint density at radius 1 is 0.848 bits per heavy atom. The van der Waals surface area contributed by atoms with Crippen LogP contribution in [0.2, 0.25) is 0 Å². The van der Waals surface area contributed by atoms with Gasteiger partial charge in [0, 0.05) is 4.90 Å². The summed E-state index contributed by atoms with van der Waals surface area (Å²) >= 11 is 1.45. The fourth-order valence-electron chi connectivity index (χ4n) is 3.53. The van der Waals surface area contributed by atoms with E-state index in [-0.39, 0.29) is 0 Å². The Kier molecular flexibility index (Phi) is 5.87. The van der Waals surface area contributed by atoms with Gasteiger partial charge in [-0.3, -0.25) is 10.1 Å². The van der Waals surface area contributed by atoms with E-state index in [1.54, 1.807) is 6.07 Å². The van der Waals surface area contributed by atoms with Gasteiger partial charge in [-0.25, -0.2) is 4.79 Å². The second kappa shape index (κ2) is 9.26. The molecule has 33 heavy (non-hydrogen) atoms. The molecule has 0 spiro atoms. The van der Waals surface area contributed by atoms with Crippen molar-refractivity contribution in [3.05, 3.63) is 103 Å². The van der Waals surface area contributed by atoms with E-state index in [0.717, 1.165) is 21.1 Å². The van der Waals surface area contributed by atoms with E-state index in [4.69, 9.17) is 9.15 Å². The number of benzene rings is 3. The van der Waals surface area contributed by atoms with Crippen LogP contribution in [0, 0.1) is 0 Å². The molecule has 4 aromatic rings. The van der Waals surface area contributed by atoms with Crippen molar-refractivity contribution in [2.24, 2.45) is 0 Å². The molecule has 1 saturated heterocycles. The molecule has 0 saturated carbocycles. The molecule has 3 amide bonds. The second-order valence-corrected chi connectivity index (χ2v) is 8.59. The summed E-state index contributed by atoms with van der Waals surface area (Å²) in [5.41, 5.74) is 3.46. The molecular formula is C26H20N2O4S. The molecule has 0 aliphatic carbocycles. The number of furan rings is 1. The maximum Gasteiger partial charge on any atom is 0.322 e. The number of nitrogens with one attached hydrogen (secondary N) is 2. The quantitative estimate of drug-likeness (QED) is 0.356. The summed E-state index contributed by atoms with van der Waals surface area (Å²) in [4.78, 5) is 25.1. The molecule has 1 unspecified atom stereocenters. The average molecular weight is 457 g/mol. The van der Waals surface area contributed by atoms with E-state index < -0.39 is 18.0 Å². The molecule has 1 aromatic heterocycles. The third-order valence-electron chi connectivity index (χ3n) is 5.21. The van der Waals surface area contributed by atoms with Crippen molar-refractivity contribution in [1.29, 1.82) is 0 Å². The zero-order valence-corrected chi connectivity index (χ0v) is 18.3. The number of carbonyl (C=O) groups excluding carboxylic acids is 2. The number of urea groups is 1. The summed E-state index contributed by atoms with van der Waals surface area (Å²) in [7, 11) is 0. The lowest BCUT2D eigenvalue weighted by atomic mass is 10.0. The van der Waals surface area contributed by atoms with Crippen molar-refractivity contribution >= 4 is 23.7 Å². The molecule has 7 heteroatoms. The maximum absolute atomic E-state index is 11.9. The van der Waals surface area contributed by atoms with Gasteiger partial charge in [-0.1, -0.05) is 66.4 Å². The summed E-state index contributed by atoms with van der Waals surface area (Å²) in [5, 5.41) is 4.78. The van der Waals surface area contributed by atoms with Crippen LogP contribution in [-0.2, 0) is 11.4 Å². The van der Waals surface area contributed by atoms with Gasteiger partial charge in [0.2, 0.25) is 0 Å². The lowest BCUT2D eigenvalue weighted by Gasteiger charge is -2.09. The van der Waals surface area contributed by atoms with Gasteiger partial charge < -0.3 is 14.5 Å². The third kappa shape index (κ3) is 4.78. The first-order valence-corrected chi connectivity index (χ1v) is 11.2. The fraction of sp³-hybridized carbons (Fsp3) is 0.0769. The van der Waals surface area contributed by atoms with Gasteiger partial charge in [-0.15, -0.1) is 0 Å². The van der Waals surface area contributed by atoms with Crippen LogP contribution in [-0.4, -0.2) is 11.9 Å². The normalized spacial score (nSPS) is 15.2. The fourth-order valence-corrected chi connectivity index (χ4v) is 4.44. The molecule has 6 nitrogen and oxygen atoms in total. The summed E-state index contributed by atoms with van der Waals surface area (Å²) in [6.07, 6.45) is 1.51. The van der Waals surface area contributed by atoms with Crippen molar-refractivity contribution in [2.45, 2.75) is 22.4 Å². The van der Waals surface area contributed by atoms with E-state index in [1.165, 1.54) is 29.2 Å². The first-order chi connectivity index (χ1) is 16.2. The van der Waals surface area contributed by atoms with Gasteiger partial charge in [0.15, 0.2) is 6.04 Å². The molecule has 1 aliphatic rings. The van der Waals surface area contributed by atoms with Gasteiger partial charge >= 0.3 is 6.03 Å². The molecule has 164 valence electrons. The first kappa shape index (κ1) is 20.9. The second-order valence-electron chi connectivity index (χ2n) is 7.47. The van der Waals surface area contributed by atoms with E-state index in [0.29, 0.717) is 12.4 Å². The topological polar surface area (TPSA) is 80.6 Å². The number of amides is 3. The number of hydrogen-bond acceptors (Lipinski definition) is 5. The molecule has 3 aromatic carbocycles. The van der Waals surface area contributed by atoms with E-state index in [2.05, 4.69) is 47.0 Å². The minimum Gasteiger partial charge on any atom is -0.489 e. The van der Waals surface area contributed by atoms with Crippen LogP contribution in [0.25, 0.3) is 11.1 Å². The highest BCUT2D eigenvalue weighted by atomic mass is 32.2. The van der Waals surface area contributed by atoms with Crippen LogP contribution in [0.15, 0.2) is 105 Å². The van der Waals surface area contributed by atoms with Crippen LogP contribution in [0.3, 0.4) is 0 Å². The predicted molar refractivity (Wildman–Crippen MR) is 125 cm³/mol. The molecule has 1 atom stereocenters. The first-order valence-electron chi connectivity index (χ1n) is 10.4. The van der Waals surface area contributed by atoms with Crippen LogP contribution in [0.5, 0.6) is 5.75 Å². The summed E-state index contributed by atoms with van der Waals surface area (Å²) in [6, 6.07) is 26.8. The zero-order valence-electron chi connectivity index (χ0n) is 17.5. The highest BCUT2D eigenvalue weighted by Gasteiger charge is 2.35. The Morgan fingerprint density at radius 2 is 1.58 bits per heavy atom. The van der Waals surface area contributed by atoms with Crippen LogP contribution in [0.1, 0.15) is 17.4 Å². The van der Waals surface area contributed by atoms with Gasteiger partial charge in [0.05, 0.1) is 11.2 Å². The highest BCUT2D eigenvalue weighted by molar-refractivity contribution is 7.99. The predicted octanol–water partition coefficient (Wildman–Crippen LogP) is 5.56. The average Bonchev–Trinajstić information content (AvgIpc) is 3.44. The van der Waals surface area contributed by atoms with E-state index >= 15 is 0 Å². The van der Waals surface area contributed by atoms with Gasteiger partial charge in [-0.05, 0) is 47.0 Å². The highest BCUT2D eigenvalue weighted by Crippen LogP contribution is 2.35. The molecule has 1 aliphatic heterocycles. The molecule has 2 N–H and O–H groups in total. The minimum absolute atomic E-state index is 0.419. The lowest BCUT2D eigenvalue weighted by molar-refractivity contribution is -0.120. The largest absolute Gasteiger partial charge is 0.489 e. The number of rotatable bonds is 7. The number of ether oxygens (including phenoxy) is 1. The van der Waals surface area contributed by atoms with E-state index in [1.807, 2.05) is 42.5 Å². The molecule has 5 rings (SSSR count). The zero-order chi connectivity index (χ0) is 22.6. The molecule has 1 fully saturated rings. The SMILES string of the molecule is O=C1NC(=O)C(c2occc2Sc2ccc(OCc3ccc(-c4ccccc4)cc3)cc2)N1. The van der Waals surface area contributed by atoms with Crippen LogP contribution in [0.4, 0.5) is 4.79 Å². The van der Waals surface area contributed by atoms with Crippen molar-refractivity contribution < 1.29 is 18.7 Å². The Morgan fingerprint density at radius 3 is 2.27 bits per heavy atom. The van der Waals surface area contributed by atoms with Crippen molar-refractivity contribution in [3.63, 3.8) is 0 Å². The molecular weight excluding hydrogens is 436 g/mol. The Balaban J connectivity index is 1.19. The molecule has 0 radical (unpaired) electrons.